The van der Waals surface area contributed by atoms with E-state index in [0.29, 0.717) is 25.4 Å². The van der Waals surface area contributed by atoms with Crippen LogP contribution >= 0.6 is 0 Å². The van der Waals surface area contributed by atoms with E-state index in [2.05, 4.69) is 0 Å². The lowest BCUT2D eigenvalue weighted by Crippen LogP contribution is -2.05. The van der Waals surface area contributed by atoms with Crippen molar-refractivity contribution in [2.24, 2.45) is 0 Å². The van der Waals surface area contributed by atoms with Crippen LogP contribution in [0.3, 0.4) is 0 Å². The highest BCUT2D eigenvalue weighted by molar-refractivity contribution is 5.52. The van der Waals surface area contributed by atoms with Gasteiger partial charge in [0, 0.05) is 11.6 Å². The number of aliphatic hydroxyl groups is 1. The SMILES string of the molecule is CCOc1cccc(/C=C/CC2=C(O)C=C(C)OC2)c1. The number of allylic oxidation sites excluding steroid dienone is 3. The van der Waals surface area contributed by atoms with E-state index in [0.717, 1.165) is 22.6 Å². The molecule has 0 radical (unpaired) electrons. The minimum Gasteiger partial charge on any atom is -0.508 e. The van der Waals surface area contributed by atoms with Crippen molar-refractivity contribution in [1.82, 2.24) is 0 Å². The molecule has 0 unspecified atom stereocenters. The summed E-state index contributed by atoms with van der Waals surface area (Å²) in [5.74, 6) is 1.94. The Balaban J connectivity index is 2.00. The molecular weight excluding hydrogens is 252 g/mol. The van der Waals surface area contributed by atoms with Gasteiger partial charge < -0.3 is 14.6 Å². The average Bonchev–Trinajstić information content (AvgIpc) is 2.42. The molecule has 1 aromatic rings. The summed E-state index contributed by atoms with van der Waals surface area (Å²) in [6, 6.07) is 7.93. The first-order chi connectivity index (χ1) is 9.69. The van der Waals surface area contributed by atoms with Gasteiger partial charge in [0.05, 0.1) is 12.4 Å². The molecule has 0 saturated heterocycles. The summed E-state index contributed by atoms with van der Waals surface area (Å²) in [5.41, 5.74) is 1.98. The molecule has 1 aliphatic rings. The van der Waals surface area contributed by atoms with Crippen molar-refractivity contribution in [1.29, 1.82) is 0 Å². The van der Waals surface area contributed by atoms with Crippen LogP contribution < -0.4 is 4.74 Å². The lowest BCUT2D eigenvalue weighted by atomic mass is 10.1. The molecule has 1 N–H and O–H groups in total. The third-order valence-electron chi connectivity index (χ3n) is 3.02. The summed E-state index contributed by atoms with van der Waals surface area (Å²) in [5, 5.41) is 9.82. The molecular formula is C17H20O3. The first-order valence-corrected chi connectivity index (χ1v) is 6.80. The Labute approximate surface area is 119 Å². The first-order valence-electron chi connectivity index (χ1n) is 6.80. The van der Waals surface area contributed by atoms with Crippen LogP contribution in [0.4, 0.5) is 0 Å². The zero-order chi connectivity index (χ0) is 14.4. The first kappa shape index (κ1) is 14.3. The molecule has 0 spiro atoms. The lowest BCUT2D eigenvalue weighted by molar-refractivity contribution is 0.221. The largest absolute Gasteiger partial charge is 0.508 e. The summed E-state index contributed by atoms with van der Waals surface area (Å²) in [7, 11) is 0. The van der Waals surface area contributed by atoms with E-state index in [4.69, 9.17) is 9.47 Å². The summed E-state index contributed by atoms with van der Waals surface area (Å²) in [6.45, 7) is 4.92. The van der Waals surface area contributed by atoms with Gasteiger partial charge in [-0.25, -0.2) is 0 Å². The molecule has 2 rings (SSSR count). The second-order valence-electron chi connectivity index (χ2n) is 4.64. The Hall–Kier alpha value is -2.16. The van der Waals surface area contributed by atoms with E-state index < -0.39 is 0 Å². The standard InChI is InChI=1S/C17H20O3/c1-3-19-16-9-5-7-14(11-16)6-4-8-15-12-20-13(2)10-17(15)18/h4-7,9-11,18H,3,8,12H2,1-2H3/b6-4+. The van der Waals surface area contributed by atoms with Crippen molar-refractivity contribution >= 4 is 6.08 Å². The van der Waals surface area contributed by atoms with Gasteiger partial charge in [0.2, 0.25) is 0 Å². The maximum atomic E-state index is 9.82. The second-order valence-corrected chi connectivity index (χ2v) is 4.64. The molecule has 1 heterocycles. The highest BCUT2D eigenvalue weighted by atomic mass is 16.5. The average molecular weight is 272 g/mol. The Morgan fingerprint density at radius 2 is 2.25 bits per heavy atom. The van der Waals surface area contributed by atoms with Gasteiger partial charge in [-0.15, -0.1) is 0 Å². The van der Waals surface area contributed by atoms with Crippen molar-refractivity contribution < 1.29 is 14.6 Å². The number of aliphatic hydroxyl groups excluding tert-OH is 1. The van der Waals surface area contributed by atoms with Crippen LogP contribution in [-0.4, -0.2) is 18.3 Å². The van der Waals surface area contributed by atoms with Crippen molar-refractivity contribution in [3.05, 3.63) is 59.1 Å². The monoisotopic (exact) mass is 272 g/mol. The van der Waals surface area contributed by atoms with Crippen LogP contribution in [0.2, 0.25) is 0 Å². The Kier molecular flexibility index (Phi) is 4.88. The molecule has 1 aliphatic heterocycles. The number of benzene rings is 1. The van der Waals surface area contributed by atoms with Crippen LogP contribution in [0, 0.1) is 0 Å². The zero-order valence-electron chi connectivity index (χ0n) is 11.9. The zero-order valence-corrected chi connectivity index (χ0v) is 11.9. The van der Waals surface area contributed by atoms with Crippen LogP contribution in [0.15, 0.2) is 53.5 Å². The Bertz CT molecular complexity index is 553. The molecule has 106 valence electrons. The van der Waals surface area contributed by atoms with Gasteiger partial charge >= 0.3 is 0 Å². The lowest BCUT2D eigenvalue weighted by Gasteiger charge is -2.15. The van der Waals surface area contributed by atoms with Gasteiger partial charge in [-0.1, -0.05) is 24.3 Å². The predicted molar refractivity (Wildman–Crippen MR) is 80.6 cm³/mol. The summed E-state index contributed by atoms with van der Waals surface area (Å²) in [4.78, 5) is 0. The molecule has 0 atom stereocenters. The topological polar surface area (TPSA) is 38.7 Å². The van der Waals surface area contributed by atoms with Gasteiger partial charge in [-0.3, -0.25) is 0 Å². The van der Waals surface area contributed by atoms with E-state index in [1.165, 1.54) is 0 Å². The number of ether oxygens (including phenoxy) is 2. The second kappa shape index (κ2) is 6.85. The summed E-state index contributed by atoms with van der Waals surface area (Å²) < 4.78 is 10.9. The summed E-state index contributed by atoms with van der Waals surface area (Å²) >= 11 is 0. The molecule has 20 heavy (non-hydrogen) atoms. The minimum absolute atomic E-state index is 0.321. The third kappa shape index (κ3) is 3.92. The number of hydrogen-bond donors (Lipinski definition) is 1. The molecule has 3 nitrogen and oxygen atoms in total. The van der Waals surface area contributed by atoms with Crippen LogP contribution in [0.5, 0.6) is 5.75 Å². The quantitative estimate of drug-likeness (QED) is 0.871. The van der Waals surface area contributed by atoms with Gasteiger partial charge in [0.15, 0.2) is 0 Å². The van der Waals surface area contributed by atoms with E-state index in [-0.39, 0.29) is 0 Å². The van der Waals surface area contributed by atoms with Crippen LogP contribution in [0.25, 0.3) is 6.08 Å². The fourth-order valence-electron chi connectivity index (χ4n) is 1.99. The maximum Gasteiger partial charge on any atom is 0.121 e. The highest BCUT2D eigenvalue weighted by Crippen LogP contribution is 2.19. The van der Waals surface area contributed by atoms with Crippen molar-refractivity contribution in [2.45, 2.75) is 20.3 Å². The van der Waals surface area contributed by atoms with Crippen LogP contribution in [0.1, 0.15) is 25.8 Å². The van der Waals surface area contributed by atoms with Gasteiger partial charge in [-0.2, -0.15) is 0 Å². The predicted octanol–water partition coefficient (Wildman–Crippen LogP) is 4.23. The minimum atomic E-state index is 0.321. The molecule has 3 heteroatoms. The van der Waals surface area contributed by atoms with E-state index in [1.54, 1.807) is 6.08 Å². The fourth-order valence-corrected chi connectivity index (χ4v) is 1.99. The van der Waals surface area contributed by atoms with Gasteiger partial charge in [0.25, 0.3) is 0 Å². The smallest absolute Gasteiger partial charge is 0.121 e. The van der Waals surface area contributed by atoms with Gasteiger partial charge in [-0.05, 0) is 38.0 Å². The Morgan fingerprint density at radius 1 is 1.40 bits per heavy atom. The third-order valence-corrected chi connectivity index (χ3v) is 3.02. The normalized spacial score (nSPS) is 15.2. The molecule has 0 amide bonds. The molecule has 0 aliphatic carbocycles. The summed E-state index contributed by atoms with van der Waals surface area (Å²) in [6.07, 6.45) is 6.37. The van der Waals surface area contributed by atoms with E-state index in [1.807, 2.05) is 50.3 Å². The number of hydrogen-bond acceptors (Lipinski definition) is 3. The van der Waals surface area contributed by atoms with Crippen molar-refractivity contribution in [2.75, 3.05) is 13.2 Å². The molecule has 1 aromatic carbocycles. The Morgan fingerprint density at radius 3 is 3.00 bits per heavy atom. The highest BCUT2D eigenvalue weighted by Gasteiger charge is 2.09. The molecule has 0 fully saturated rings. The fraction of sp³-hybridized carbons (Fsp3) is 0.294. The van der Waals surface area contributed by atoms with E-state index >= 15 is 0 Å². The number of rotatable bonds is 5. The maximum absolute atomic E-state index is 9.82. The van der Waals surface area contributed by atoms with Crippen LogP contribution in [-0.2, 0) is 4.74 Å². The van der Waals surface area contributed by atoms with E-state index in [9.17, 15) is 5.11 Å². The molecule has 0 aromatic heterocycles. The molecule has 0 bridgehead atoms. The van der Waals surface area contributed by atoms with Gasteiger partial charge in [0.1, 0.15) is 18.1 Å². The van der Waals surface area contributed by atoms with Crippen molar-refractivity contribution in [3.63, 3.8) is 0 Å². The van der Waals surface area contributed by atoms with Crippen molar-refractivity contribution in [3.8, 4) is 5.75 Å². The molecule has 0 saturated carbocycles.